The van der Waals surface area contributed by atoms with Gasteiger partial charge in [0.2, 0.25) is 0 Å². The Labute approximate surface area is 86.3 Å². The quantitative estimate of drug-likeness (QED) is 0.671. The van der Waals surface area contributed by atoms with Crippen LogP contribution in [0.4, 0.5) is 5.69 Å². The fourth-order valence-corrected chi connectivity index (χ4v) is 2.65. The Balaban J connectivity index is 2.29. The van der Waals surface area contributed by atoms with Crippen molar-refractivity contribution in [1.29, 1.82) is 0 Å². The van der Waals surface area contributed by atoms with Crippen LogP contribution >= 0.6 is 0 Å². The number of nitrogens with two attached hydrogens (primary N) is 1. The predicted octanol–water partition coefficient (Wildman–Crippen LogP) is 3.62. The third kappa shape index (κ3) is 1.77. The van der Waals surface area contributed by atoms with Crippen molar-refractivity contribution in [3.8, 4) is 0 Å². The highest BCUT2D eigenvalue weighted by Crippen LogP contribution is 2.36. The lowest BCUT2D eigenvalue weighted by Crippen LogP contribution is -2.08. The van der Waals surface area contributed by atoms with E-state index in [0.29, 0.717) is 0 Å². The van der Waals surface area contributed by atoms with Crippen molar-refractivity contribution in [3.05, 3.63) is 29.3 Å². The molecule has 1 fully saturated rings. The van der Waals surface area contributed by atoms with E-state index in [1.807, 2.05) is 6.07 Å². The normalized spacial score (nSPS) is 18.4. The number of rotatable bonds is 1. The molecule has 0 radical (unpaired) electrons. The molecule has 1 aromatic carbocycles. The van der Waals surface area contributed by atoms with Crippen LogP contribution < -0.4 is 5.73 Å². The van der Waals surface area contributed by atoms with Crippen LogP contribution in [0.1, 0.15) is 49.1 Å². The summed E-state index contributed by atoms with van der Waals surface area (Å²) in [6.45, 7) is 2.18. The highest BCUT2D eigenvalue weighted by atomic mass is 14.6. The van der Waals surface area contributed by atoms with Crippen molar-refractivity contribution in [2.45, 2.75) is 44.9 Å². The van der Waals surface area contributed by atoms with Gasteiger partial charge in [0.15, 0.2) is 0 Å². The summed E-state index contributed by atoms with van der Waals surface area (Å²) in [7, 11) is 0. The molecule has 0 atom stereocenters. The summed E-state index contributed by atoms with van der Waals surface area (Å²) in [5.74, 6) is 0.727. The van der Waals surface area contributed by atoms with E-state index in [9.17, 15) is 0 Å². The number of aryl methyl sites for hydroxylation is 1. The lowest BCUT2D eigenvalue weighted by atomic mass is 9.81. The van der Waals surface area contributed by atoms with Gasteiger partial charge in [-0.2, -0.15) is 0 Å². The molecule has 0 unspecified atom stereocenters. The number of benzene rings is 1. The van der Waals surface area contributed by atoms with E-state index >= 15 is 0 Å². The van der Waals surface area contributed by atoms with Crippen LogP contribution in [-0.4, -0.2) is 0 Å². The van der Waals surface area contributed by atoms with E-state index in [1.165, 1.54) is 43.2 Å². The molecule has 0 bridgehead atoms. The van der Waals surface area contributed by atoms with Crippen molar-refractivity contribution in [1.82, 2.24) is 0 Å². The van der Waals surface area contributed by atoms with Crippen molar-refractivity contribution >= 4 is 5.69 Å². The van der Waals surface area contributed by atoms with Gasteiger partial charge in [0.05, 0.1) is 0 Å². The summed E-state index contributed by atoms with van der Waals surface area (Å²) in [4.78, 5) is 0. The van der Waals surface area contributed by atoms with Gasteiger partial charge in [-0.3, -0.25) is 0 Å². The molecule has 76 valence electrons. The van der Waals surface area contributed by atoms with Gasteiger partial charge in [0, 0.05) is 5.69 Å². The molecule has 1 aliphatic rings. The maximum absolute atomic E-state index is 6.05. The van der Waals surface area contributed by atoms with Gasteiger partial charge in [-0.15, -0.1) is 0 Å². The van der Waals surface area contributed by atoms with Crippen LogP contribution in [0.5, 0.6) is 0 Å². The van der Waals surface area contributed by atoms with Crippen LogP contribution in [0.25, 0.3) is 0 Å². The van der Waals surface area contributed by atoms with Crippen molar-refractivity contribution in [2.24, 2.45) is 0 Å². The van der Waals surface area contributed by atoms with Crippen LogP contribution in [0.15, 0.2) is 18.2 Å². The Bertz CT molecular complexity index is 291. The average molecular weight is 189 g/mol. The van der Waals surface area contributed by atoms with Gasteiger partial charge in [-0.25, -0.2) is 0 Å². The Morgan fingerprint density at radius 2 is 1.86 bits per heavy atom. The van der Waals surface area contributed by atoms with E-state index < -0.39 is 0 Å². The van der Waals surface area contributed by atoms with E-state index in [1.54, 1.807) is 0 Å². The zero-order chi connectivity index (χ0) is 9.97. The summed E-state index contributed by atoms with van der Waals surface area (Å²) >= 11 is 0. The number of nitrogen functional groups attached to an aromatic ring is 1. The lowest BCUT2D eigenvalue weighted by molar-refractivity contribution is 0.443. The zero-order valence-corrected chi connectivity index (χ0v) is 8.92. The predicted molar refractivity (Wildman–Crippen MR) is 61.4 cm³/mol. The molecule has 2 N–H and O–H groups in total. The van der Waals surface area contributed by atoms with Crippen molar-refractivity contribution in [3.63, 3.8) is 0 Å². The number of anilines is 1. The molecule has 1 heteroatoms. The third-order valence-corrected chi connectivity index (χ3v) is 3.37. The second kappa shape index (κ2) is 4.04. The fourth-order valence-electron chi connectivity index (χ4n) is 2.65. The molecule has 1 saturated carbocycles. The van der Waals surface area contributed by atoms with Gasteiger partial charge in [-0.05, 0) is 42.9 Å². The monoisotopic (exact) mass is 189 g/mol. The maximum Gasteiger partial charge on any atom is 0.0352 e. The van der Waals surface area contributed by atoms with Crippen LogP contribution in [-0.2, 0) is 0 Å². The second-order valence-electron chi connectivity index (χ2n) is 4.41. The Morgan fingerprint density at radius 3 is 2.50 bits per heavy atom. The highest BCUT2D eigenvalue weighted by Gasteiger charge is 2.18. The molecule has 2 rings (SSSR count). The van der Waals surface area contributed by atoms with E-state index in [0.717, 1.165) is 11.6 Å². The summed E-state index contributed by atoms with van der Waals surface area (Å²) in [5.41, 5.74) is 9.84. The first-order chi connectivity index (χ1) is 6.79. The molecular formula is C13H19N. The highest BCUT2D eigenvalue weighted by molar-refractivity contribution is 5.52. The number of hydrogen-bond donors (Lipinski definition) is 1. The molecule has 0 aromatic heterocycles. The standard InChI is InChI=1S/C13H19N/c1-10-6-5-9-12(14)13(10)11-7-3-2-4-8-11/h5-6,9,11H,2-4,7-8,14H2,1H3. The van der Waals surface area contributed by atoms with Crippen molar-refractivity contribution < 1.29 is 0 Å². The second-order valence-corrected chi connectivity index (χ2v) is 4.41. The first kappa shape index (κ1) is 9.57. The first-order valence-electron chi connectivity index (χ1n) is 5.64. The Kier molecular flexibility index (Phi) is 2.76. The minimum Gasteiger partial charge on any atom is -0.398 e. The largest absolute Gasteiger partial charge is 0.398 e. The first-order valence-corrected chi connectivity index (χ1v) is 5.64. The molecule has 0 amide bonds. The maximum atomic E-state index is 6.05. The Hall–Kier alpha value is -0.980. The van der Waals surface area contributed by atoms with Crippen LogP contribution in [0.2, 0.25) is 0 Å². The average Bonchev–Trinajstić information content (AvgIpc) is 2.19. The van der Waals surface area contributed by atoms with Gasteiger partial charge in [0.25, 0.3) is 0 Å². The molecule has 0 saturated heterocycles. The van der Waals surface area contributed by atoms with E-state index in [4.69, 9.17) is 5.73 Å². The fraction of sp³-hybridized carbons (Fsp3) is 0.538. The zero-order valence-electron chi connectivity index (χ0n) is 8.92. The Morgan fingerprint density at radius 1 is 1.14 bits per heavy atom. The minimum absolute atomic E-state index is 0.727. The summed E-state index contributed by atoms with van der Waals surface area (Å²) < 4.78 is 0. The topological polar surface area (TPSA) is 26.0 Å². The molecule has 1 aliphatic carbocycles. The molecule has 1 nitrogen and oxygen atoms in total. The molecule has 14 heavy (non-hydrogen) atoms. The van der Waals surface area contributed by atoms with Gasteiger partial charge in [0.1, 0.15) is 0 Å². The third-order valence-electron chi connectivity index (χ3n) is 3.37. The molecule has 0 heterocycles. The molecular weight excluding hydrogens is 170 g/mol. The van der Waals surface area contributed by atoms with E-state index in [2.05, 4.69) is 19.1 Å². The lowest BCUT2D eigenvalue weighted by Gasteiger charge is -2.24. The van der Waals surface area contributed by atoms with Crippen molar-refractivity contribution in [2.75, 3.05) is 5.73 Å². The summed E-state index contributed by atoms with van der Waals surface area (Å²) in [5, 5.41) is 0. The molecule has 0 spiro atoms. The molecule has 0 aliphatic heterocycles. The van der Waals surface area contributed by atoms with Crippen LogP contribution in [0, 0.1) is 6.92 Å². The smallest absolute Gasteiger partial charge is 0.0352 e. The number of hydrogen-bond acceptors (Lipinski definition) is 1. The molecule has 1 aromatic rings. The van der Waals surface area contributed by atoms with Gasteiger partial charge >= 0.3 is 0 Å². The van der Waals surface area contributed by atoms with Crippen LogP contribution in [0.3, 0.4) is 0 Å². The minimum atomic E-state index is 0.727. The van der Waals surface area contributed by atoms with E-state index in [-0.39, 0.29) is 0 Å². The summed E-state index contributed by atoms with van der Waals surface area (Å²) in [6.07, 6.45) is 6.81. The van der Waals surface area contributed by atoms with Gasteiger partial charge in [-0.1, -0.05) is 31.4 Å². The summed E-state index contributed by atoms with van der Waals surface area (Å²) in [6, 6.07) is 6.27. The van der Waals surface area contributed by atoms with Gasteiger partial charge < -0.3 is 5.73 Å². The SMILES string of the molecule is Cc1cccc(N)c1C1CCCCC1.